The first-order valence-corrected chi connectivity index (χ1v) is 8.09. The molecule has 1 aromatic rings. The van der Waals surface area contributed by atoms with Crippen molar-refractivity contribution in [2.24, 2.45) is 12.0 Å². The highest BCUT2D eigenvalue weighted by atomic mass is 15.2. The molecule has 0 saturated carbocycles. The third-order valence-electron chi connectivity index (χ3n) is 3.78. The van der Waals surface area contributed by atoms with Crippen LogP contribution in [0.1, 0.15) is 44.6 Å². The zero-order chi connectivity index (χ0) is 14.9. The van der Waals surface area contributed by atoms with Crippen molar-refractivity contribution in [1.29, 1.82) is 0 Å². The summed E-state index contributed by atoms with van der Waals surface area (Å²) in [7, 11) is 2.04. The van der Waals surface area contributed by atoms with E-state index >= 15 is 0 Å². The third-order valence-corrected chi connectivity index (χ3v) is 3.78. The molecule has 21 heavy (non-hydrogen) atoms. The predicted octanol–water partition coefficient (Wildman–Crippen LogP) is 2.97. The second kappa shape index (κ2) is 8.55. The first kappa shape index (κ1) is 15.7. The number of aromatic nitrogens is 1. The fourth-order valence-corrected chi connectivity index (χ4v) is 2.64. The smallest absolute Gasteiger partial charge is 0.191 e. The van der Waals surface area contributed by atoms with Crippen LogP contribution in [-0.2, 0) is 13.6 Å². The normalized spacial score (nSPS) is 15.7. The Kier molecular flexibility index (Phi) is 6.38. The van der Waals surface area contributed by atoms with Crippen molar-refractivity contribution in [3.8, 4) is 0 Å². The van der Waals surface area contributed by atoms with Crippen LogP contribution in [0.2, 0.25) is 0 Å². The van der Waals surface area contributed by atoms with Gasteiger partial charge in [0, 0.05) is 32.5 Å². The fraction of sp³-hybridized carbons (Fsp3) is 0.588. The van der Waals surface area contributed by atoms with E-state index in [9.17, 15) is 0 Å². The van der Waals surface area contributed by atoms with Gasteiger partial charge in [-0.25, -0.2) is 4.99 Å². The van der Waals surface area contributed by atoms with Gasteiger partial charge in [-0.3, -0.25) is 0 Å². The third kappa shape index (κ3) is 5.66. The number of hydrogen-bond donors (Lipinski definition) is 2. The van der Waals surface area contributed by atoms with Crippen LogP contribution in [-0.4, -0.2) is 23.6 Å². The van der Waals surface area contributed by atoms with Crippen LogP contribution in [0.3, 0.4) is 0 Å². The average Bonchev–Trinajstić information content (AvgIpc) is 2.91. The van der Waals surface area contributed by atoms with Gasteiger partial charge in [0.05, 0.1) is 6.54 Å². The molecule has 0 radical (unpaired) electrons. The van der Waals surface area contributed by atoms with E-state index in [0.717, 1.165) is 32.0 Å². The number of aliphatic imine (C=N–C) groups is 1. The first-order valence-electron chi connectivity index (χ1n) is 8.09. The van der Waals surface area contributed by atoms with Crippen molar-refractivity contribution in [2.75, 3.05) is 13.1 Å². The summed E-state index contributed by atoms with van der Waals surface area (Å²) in [6.45, 7) is 4.68. The molecule has 2 rings (SSSR count). The number of rotatable bonds is 6. The maximum atomic E-state index is 4.64. The lowest BCUT2D eigenvalue weighted by atomic mass is 9.97. The molecular formula is C17H28N4. The van der Waals surface area contributed by atoms with E-state index in [1.165, 1.54) is 31.2 Å². The molecular weight excluding hydrogens is 260 g/mol. The Morgan fingerprint density at radius 2 is 2.24 bits per heavy atom. The van der Waals surface area contributed by atoms with Crippen molar-refractivity contribution in [2.45, 2.75) is 45.6 Å². The van der Waals surface area contributed by atoms with Crippen LogP contribution in [0.15, 0.2) is 35.1 Å². The predicted molar refractivity (Wildman–Crippen MR) is 89.4 cm³/mol. The Labute approximate surface area is 128 Å². The standard InChI is InChI=1S/C17H28N4/c1-3-18-17(20-13-16-10-12-21(2)14-16)19-11-9-15-7-5-4-6-8-15/h7,10,12,14H,3-6,8-9,11,13H2,1-2H3,(H2,18,19,20). The highest BCUT2D eigenvalue weighted by molar-refractivity contribution is 5.79. The van der Waals surface area contributed by atoms with Gasteiger partial charge < -0.3 is 15.2 Å². The maximum absolute atomic E-state index is 4.64. The minimum Gasteiger partial charge on any atom is -0.357 e. The molecule has 4 nitrogen and oxygen atoms in total. The van der Waals surface area contributed by atoms with Gasteiger partial charge in [-0.05, 0) is 50.7 Å². The largest absolute Gasteiger partial charge is 0.357 e. The Bertz CT molecular complexity index is 485. The highest BCUT2D eigenvalue weighted by Crippen LogP contribution is 2.19. The monoisotopic (exact) mass is 288 g/mol. The van der Waals surface area contributed by atoms with Gasteiger partial charge in [0.25, 0.3) is 0 Å². The van der Waals surface area contributed by atoms with E-state index in [1.807, 2.05) is 7.05 Å². The minimum atomic E-state index is 0.721. The number of allylic oxidation sites excluding steroid dienone is 1. The van der Waals surface area contributed by atoms with E-state index in [4.69, 9.17) is 0 Å². The number of nitrogens with one attached hydrogen (secondary N) is 2. The summed E-state index contributed by atoms with van der Waals surface area (Å²) in [5.41, 5.74) is 2.84. The lowest BCUT2D eigenvalue weighted by Crippen LogP contribution is -2.37. The molecule has 0 bridgehead atoms. The molecule has 0 aliphatic heterocycles. The van der Waals surface area contributed by atoms with Crippen LogP contribution < -0.4 is 10.6 Å². The molecule has 1 aromatic heterocycles. The second-order valence-electron chi connectivity index (χ2n) is 5.67. The summed E-state index contributed by atoms with van der Waals surface area (Å²) in [6, 6.07) is 2.11. The van der Waals surface area contributed by atoms with Crippen LogP contribution in [0, 0.1) is 0 Å². The summed E-state index contributed by atoms with van der Waals surface area (Å²) in [5, 5.41) is 6.75. The van der Waals surface area contributed by atoms with Gasteiger partial charge >= 0.3 is 0 Å². The molecule has 0 fully saturated rings. The van der Waals surface area contributed by atoms with Gasteiger partial charge in [-0.15, -0.1) is 0 Å². The second-order valence-corrected chi connectivity index (χ2v) is 5.67. The van der Waals surface area contributed by atoms with E-state index < -0.39 is 0 Å². The summed E-state index contributed by atoms with van der Waals surface area (Å²) in [4.78, 5) is 4.64. The fourth-order valence-electron chi connectivity index (χ4n) is 2.64. The Morgan fingerprint density at radius 1 is 1.33 bits per heavy atom. The van der Waals surface area contributed by atoms with Gasteiger partial charge in [0.2, 0.25) is 0 Å². The molecule has 0 spiro atoms. The summed E-state index contributed by atoms with van der Waals surface area (Å²) < 4.78 is 2.06. The molecule has 2 N–H and O–H groups in total. The zero-order valence-corrected chi connectivity index (χ0v) is 13.4. The van der Waals surface area contributed by atoms with E-state index in [2.05, 4.69) is 51.7 Å². The molecule has 0 unspecified atom stereocenters. The van der Waals surface area contributed by atoms with Crippen molar-refractivity contribution in [3.63, 3.8) is 0 Å². The Hall–Kier alpha value is -1.71. The molecule has 116 valence electrons. The number of guanidine groups is 1. The minimum absolute atomic E-state index is 0.721. The maximum Gasteiger partial charge on any atom is 0.191 e. The number of aryl methyl sites for hydroxylation is 1. The Morgan fingerprint density at radius 3 is 2.90 bits per heavy atom. The molecule has 0 aromatic carbocycles. The molecule has 0 atom stereocenters. The summed E-state index contributed by atoms with van der Waals surface area (Å²) in [5.74, 6) is 0.915. The summed E-state index contributed by atoms with van der Waals surface area (Å²) >= 11 is 0. The van der Waals surface area contributed by atoms with Gasteiger partial charge in [0.15, 0.2) is 5.96 Å². The molecule has 1 aliphatic rings. The van der Waals surface area contributed by atoms with Crippen LogP contribution in [0.25, 0.3) is 0 Å². The van der Waals surface area contributed by atoms with Crippen molar-refractivity contribution in [1.82, 2.24) is 15.2 Å². The molecule has 4 heteroatoms. The van der Waals surface area contributed by atoms with E-state index in [0.29, 0.717) is 0 Å². The van der Waals surface area contributed by atoms with Crippen molar-refractivity contribution in [3.05, 3.63) is 35.7 Å². The van der Waals surface area contributed by atoms with E-state index in [-0.39, 0.29) is 0 Å². The quantitative estimate of drug-likeness (QED) is 0.480. The topological polar surface area (TPSA) is 41.4 Å². The zero-order valence-electron chi connectivity index (χ0n) is 13.4. The Balaban J connectivity index is 1.79. The van der Waals surface area contributed by atoms with Crippen molar-refractivity contribution >= 4 is 5.96 Å². The first-order chi connectivity index (χ1) is 10.3. The lowest BCUT2D eigenvalue weighted by Gasteiger charge is -2.15. The van der Waals surface area contributed by atoms with Crippen molar-refractivity contribution < 1.29 is 0 Å². The molecule has 0 amide bonds. The molecule has 1 heterocycles. The van der Waals surface area contributed by atoms with Gasteiger partial charge in [-0.1, -0.05) is 11.6 Å². The lowest BCUT2D eigenvalue weighted by molar-refractivity contribution is 0.665. The van der Waals surface area contributed by atoms with Crippen LogP contribution >= 0.6 is 0 Å². The van der Waals surface area contributed by atoms with Crippen LogP contribution in [0.4, 0.5) is 0 Å². The van der Waals surface area contributed by atoms with Gasteiger partial charge in [-0.2, -0.15) is 0 Å². The highest BCUT2D eigenvalue weighted by Gasteiger charge is 2.04. The number of hydrogen-bond acceptors (Lipinski definition) is 1. The van der Waals surface area contributed by atoms with Gasteiger partial charge in [0.1, 0.15) is 0 Å². The molecule has 0 saturated heterocycles. The number of nitrogens with zero attached hydrogens (tertiary/aromatic N) is 2. The molecule has 1 aliphatic carbocycles. The summed E-state index contributed by atoms with van der Waals surface area (Å²) in [6.07, 6.45) is 13.0. The SMILES string of the molecule is CCNC(=NCc1ccn(C)c1)NCCC1=CCCCC1. The van der Waals surface area contributed by atoms with Crippen LogP contribution in [0.5, 0.6) is 0 Å². The average molecular weight is 288 g/mol. The van der Waals surface area contributed by atoms with E-state index in [1.54, 1.807) is 5.57 Å².